The SMILES string of the molecule is Cc1ccccc1NC(=S)N(C)Cc1sccc1C. The van der Waals surface area contributed by atoms with Crippen molar-refractivity contribution in [3.63, 3.8) is 0 Å². The predicted molar refractivity (Wildman–Crippen MR) is 87.9 cm³/mol. The average Bonchev–Trinajstić information content (AvgIpc) is 2.78. The van der Waals surface area contributed by atoms with Gasteiger partial charge >= 0.3 is 0 Å². The van der Waals surface area contributed by atoms with Crippen LogP contribution in [0.1, 0.15) is 16.0 Å². The monoisotopic (exact) mass is 290 g/mol. The van der Waals surface area contributed by atoms with Crippen molar-refractivity contribution >= 4 is 34.4 Å². The summed E-state index contributed by atoms with van der Waals surface area (Å²) in [6, 6.07) is 10.3. The van der Waals surface area contributed by atoms with Crippen molar-refractivity contribution < 1.29 is 0 Å². The van der Waals surface area contributed by atoms with E-state index >= 15 is 0 Å². The maximum absolute atomic E-state index is 5.45. The van der Waals surface area contributed by atoms with E-state index in [1.54, 1.807) is 11.3 Å². The zero-order chi connectivity index (χ0) is 13.8. The molecule has 0 fully saturated rings. The lowest BCUT2D eigenvalue weighted by Gasteiger charge is -2.21. The Labute approximate surface area is 124 Å². The van der Waals surface area contributed by atoms with Crippen LogP contribution in [0, 0.1) is 13.8 Å². The standard InChI is InChI=1S/C15H18N2S2/c1-11-6-4-5-7-13(11)16-15(18)17(3)10-14-12(2)8-9-19-14/h4-9H,10H2,1-3H3,(H,16,18). The summed E-state index contributed by atoms with van der Waals surface area (Å²) in [7, 11) is 2.02. The number of anilines is 1. The van der Waals surface area contributed by atoms with Crippen molar-refractivity contribution in [1.29, 1.82) is 0 Å². The molecule has 0 amide bonds. The number of benzene rings is 1. The highest BCUT2D eigenvalue weighted by Crippen LogP contribution is 2.18. The first-order chi connectivity index (χ1) is 9.08. The van der Waals surface area contributed by atoms with E-state index in [1.165, 1.54) is 16.0 Å². The molecular weight excluding hydrogens is 272 g/mol. The number of nitrogens with one attached hydrogen (secondary N) is 1. The molecule has 0 bridgehead atoms. The van der Waals surface area contributed by atoms with E-state index in [9.17, 15) is 0 Å². The number of nitrogens with zero attached hydrogens (tertiary/aromatic N) is 1. The first-order valence-electron chi connectivity index (χ1n) is 6.18. The fourth-order valence-electron chi connectivity index (χ4n) is 1.78. The van der Waals surface area contributed by atoms with E-state index in [-0.39, 0.29) is 0 Å². The van der Waals surface area contributed by atoms with Gasteiger partial charge in [-0.15, -0.1) is 11.3 Å². The Morgan fingerprint density at radius 3 is 2.58 bits per heavy atom. The zero-order valence-corrected chi connectivity index (χ0v) is 13.1. The maximum Gasteiger partial charge on any atom is 0.173 e. The predicted octanol–water partition coefficient (Wildman–Crippen LogP) is 4.19. The van der Waals surface area contributed by atoms with Crippen LogP contribution in [0.5, 0.6) is 0 Å². The van der Waals surface area contributed by atoms with Crippen molar-refractivity contribution in [2.45, 2.75) is 20.4 Å². The average molecular weight is 290 g/mol. The van der Waals surface area contributed by atoms with Crippen molar-refractivity contribution in [3.05, 3.63) is 51.7 Å². The van der Waals surface area contributed by atoms with E-state index < -0.39 is 0 Å². The van der Waals surface area contributed by atoms with Crippen LogP contribution in [0.15, 0.2) is 35.7 Å². The number of aryl methyl sites for hydroxylation is 2. The van der Waals surface area contributed by atoms with Gasteiger partial charge in [0, 0.05) is 17.6 Å². The third-order valence-electron chi connectivity index (χ3n) is 3.08. The van der Waals surface area contributed by atoms with Crippen molar-refractivity contribution in [2.75, 3.05) is 12.4 Å². The van der Waals surface area contributed by atoms with Crippen molar-refractivity contribution in [3.8, 4) is 0 Å². The summed E-state index contributed by atoms with van der Waals surface area (Å²) in [5.41, 5.74) is 3.60. The minimum Gasteiger partial charge on any atom is -0.347 e. The summed E-state index contributed by atoms with van der Waals surface area (Å²) >= 11 is 7.23. The number of hydrogen-bond acceptors (Lipinski definition) is 2. The van der Waals surface area contributed by atoms with Crippen LogP contribution < -0.4 is 5.32 Å². The highest BCUT2D eigenvalue weighted by atomic mass is 32.1. The van der Waals surface area contributed by atoms with Crippen LogP contribution in [0.4, 0.5) is 5.69 Å². The topological polar surface area (TPSA) is 15.3 Å². The Morgan fingerprint density at radius 2 is 1.95 bits per heavy atom. The van der Waals surface area contributed by atoms with Crippen LogP contribution in [0.2, 0.25) is 0 Å². The molecule has 1 aromatic heterocycles. The lowest BCUT2D eigenvalue weighted by molar-refractivity contribution is 0.512. The second kappa shape index (κ2) is 6.17. The fourth-order valence-corrected chi connectivity index (χ4v) is 2.91. The summed E-state index contributed by atoms with van der Waals surface area (Å²) in [4.78, 5) is 3.43. The lowest BCUT2D eigenvalue weighted by Crippen LogP contribution is -2.30. The summed E-state index contributed by atoms with van der Waals surface area (Å²) in [6.07, 6.45) is 0. The number of hydrogen-bond donors (Lipinski definition) is 1. The summed E-state index contributed by atoms with van der Waals surface area (Å²) < 4.78 is 0. The minimum atomic E-state index is 0.752. The molecule has 0 saturated carbocycles. The molecule has 0 radical (unpaired) electrons. The summed E-state index contributed by atoms with van der Waals surface area (Å²) in [6.45, 7) is 5.06. The van der Waals surface area contributed by atoms with Crippen molar-refractivity contribution in [2.24, 2.45) is 0 Å². The Hall–Kier alpha value is -1.39. The molecule has 1 N–H and O–H groups in total. The molecule has 1 aromatic carbocycles. The second-order valence-corrected chi connectivity index (χ2v) is 6.02. The van der Waals surface area contributed by atoms with Crippen LogP contribution in [-0.2, 0) is 6.54 Å². The van der Waals surface area contributed by atoms with Crippen molar-refractivity contribution in [1.82, 2.24) is 4.90 Å². The fraction of sp³-hybridized carbons (Fsp3) is 0.267. The normalized spacial score (nSPS) is 10.3. The molecular formula is C15H18N2S2. The number of para-hydroxylation sites is 1. The molecule has 0 aliphatic rings. The molecule has 0 aliphatic heterocycles. The van der Waals surface area contributed by atoms with Crippen LogP contribution >= 0.6 is 23.6 Å². The molecule has 0 unspecified atom stereocenters. The highest BCUT2D eigenvalue weighted by Gasteiger charge is 2.09. The largest absolute Gasteiger partial charge is 0.347 e. The quantitative estimate of drug-likeness (QED) is 0.853. The van der Waals surface area contributed by atoms with Gasteiger partial charge in [0.1, 0.15) is 0 Å². The molecule has 0 saturated heterocycles. The van der Waals surface area contributed by atoms with E-state index in [4.69, 9.17) is 12.2 Å². The Balaban J connectivity index is 2.00. The lowest BCUT2D eigenvalue weighted by atomic mass is 10.2. The number of thiocarbonyl (C=S) groups is 1. The first kappa shape index (κ1) is 14.0. The minimum absolute atomic E-state index is 0.752. The Morgan fingerprint density at radius 1 is 1.21 bits per heavy atom. The molecule has 0 atom stereocenters. The molecule has 19 heavy (non-hydrogen) atoms. The van der Waals surface area contributed by atoms with Gasteiger partial charge < -0.3 is 10.2 Å². The third kappa shape index (κ3) is 3.55. The van der Waals surface area contributed by atoms with E-state index in [2.05, 4.69) is 41.6 Å². The highest BCUT2D eigenvalue weighted by molar-refractivity contribution is 7.80. The zero-order valence-electron chi connectivity index (χ0n) is 11.4. The molecule has 0 spiro atoms. The van der Waals surface area contributed by atoms with Crippen LogP contribution in [-0.4, -0.2) is 17.1 Å². The molecule has 4 heteroatoms. The molecule has 2 nitrogen and oxygen atoms in total. The van der Waals surface area contributed by atoms with Gasteiger partial charge in [-0.3, -0.25) is 0 Å². The molecule has 100 valence electrons. The van der Waals surface area contributed by atoms with Gasteiger partial charge in [-0.05, 0) is 54.7 Å². The second-order valence-electron chi connectivity index (χ2n) is 4.63. The molecule has 1 heterocycles. The number of thiophene rings is 1. The summed E-state index contributed by atoms with van der Waals surface area (Å²) in [5, 5.41) is 6.18. The Bertz CT molecular complexity index is 575. The van der Waals surface area contributed by atoms with Gasteiger partial charge in [0.2, 0.25) is 0 Å². The van der Waals surface area contributed by atoms with E-state index in [0.29, 0.717) is 0 Å². The van der Waals surface area contributed by atoms with Gasteiger partial charge in [0.05, 0.1) is 6.54 Å². The first-order valence-corrected chi connectivity index (χ1v) is 7.47. The molecule has 0 aliphatic carbocycles. The maximum atomic E-state index is 5.45. The van der Waals surface area contributed by atoms with E-state index in [0.717, 1.165) is 17.3 Å². The van der Waals surface area contributed by atoms with Gasteiger partial charge in [0.15, 0.2) is 5.11 Å². The summed E-state index contributed by atoms with van der Waals surface area (Å²) in [5.74, 6) is 0. The van der Waals surface area contributed by atoms with Crippen LogP contribution in [0.3, 0.4) is 0 Å². The van der Waals surface area contributed by atoms with Gasteiger partial charge in [-0.25, -0.2) is 0 Å². The Kier molecular flexibility index (Phi) is 4.56. The number of rotatable bonds is 3. The third-order valence-corrected chi connectivity index (χ3v) is 4.50. The van der Waals surface area contributed by atoms with Crippen LogP contribution in [0.25, 0.3) is 0 Å². The van der Waals surface area contributed by atoms with Gasteiger partial charge in [0.25, 0.3) is 0 Å². The molecule has 2 aromatic rings. The smallest absolute Gasteiger partial charge is 0.173 e. The van der Waals surface area contributed by atoms with E-state index in [1.807, 2.05) is 25.2 Å². The van der Waals surface area contributed by atoms with Gasteiger partial charge in [-0.2, -0.15) is 0 Å². The molecule has 2 rings (SSSR count). The van der Waals surface area contributed by atoms with Gasteiger partial charge in [-0.1, -0.05) is 18.2 Å².